The van der Waals surface area contributed by atoms with Crippen molar-refractivity contribution in [1.82, 2.24) is 10.2 Å². The van der Waals surface area contributed by atoms with Crippen LogP contribution in [0.3, 0.4) is 0 Å². The molecule has 124 valence electrons. The summed E-state index contributed by atoms with van der Waals surface area (Å²) in [6, 6.07) is 7.44. The first kappa shape index (κ1) is 17.1. The van der Waals surface area contributed by atoms with Crippen LogP contribution in [0.1, 0.15) is 25.8 Å². The van der Waals surface area contributed by atoms with E-state index in [0.29, 0.717) is 18.0 Å². The Bertz CT molecular complexity index is 478. The summed E-state index contributed by atoms with van der Waals surface area (Å²) in [4.78, 5) is 2.46. The first-order chi connectivity index (χ1) is 10.5. The summed E-state index contributed by atoms with van der Waals surface area (Å²) < 4.78 is 10.6. The minimum Gasteiger partial charge on any atom is -0.493 e. The number of ether oxygens (including phenoxy) is 2. The van der Waals surface area contributed by atoms with Gasteiger partial charge in [0.05, 0.1) is 14.2 Å². The Morgan fingerprint density at radius 1 is 1.18 bits per heavy atom. The van der Waals surface area contributed by atoms with Gasteiger partial charge < -0.3 is 19.7 Å². The second-order valence-electron chi connectivity index (χ2n) is 6.50. The van der Waals surface area contributed by atoms with E-state index in [9.17, 15) is 0 Å². The molecule has 2 rings (SSSR count). The van der Waals surface area contributed by atoms with Gasteiger partial charge in [-0.3, -0.25) is 0 Å². The number of likely N-dealkylation sites (tertiary alicyclic amines) is 1. The fraction of sp³-hybridized carbons (Fsp3) is 0.667. The molecule has 4 nitrogen and oxygen atoms in total. The van der Waals surface area contributed by atoms with E-state index in [1.54, 1.807) is 14.2 Å². The lowest BCUT2D eigenvalue weighted by atomic mass is 9.90. The molecule has 1 aromatic carbocycles. The zero-order valence-corrected chi connectivity index (χ0v) is 14.6. The van der Waals surface area contributed by atoms with Crippen LogP contribution in [0.15, 0.2) is 18.2 Å². The van der Waals surface area contributed by atoms with Crippen molar-refractivity contribution in [2.45, 2.75) is 38.8 Å². The zero-order chi connectivity index (χ0) is 16.1. The van der Waals surface area contributed by atoms with Gasteiger partial charge in [0.25, 0.3) is 0 Å². The molecular weight excluding hydrogens is 276 g/mol. The number of hydrogen-bond donors (Lipinski definition) is 1. The standard InChI is InChI=1S/C18H30N2O2/c1-13-12-20(3)14(2)10-16(13)19-9-8-15-6-7-17(21-4)18(11-15)22-5/h6-7,11,13-14,16,19H,8-10,12H2,1-5H3/t13-,14-,16-/m1/s1. The third-order valence-electron chi connectivity index (χ3n) is 4.88. The van der Waals surface area contributed by atoms with E-state index in [2.05, 4.69) is 43.2 Å². The fourth-order valence-electron chi connectivity index (χ4n) is 3.26. The molecule has 1 aliphatic heterocycles. The Morgan fingerprint density at radius 2 is 1.91 bits per heavy atom. The summed E-state index contributed by atoms with van der Waals surface area (Å²) in [5.74, 6) is 2.30. The first-order valence-corrected chi connectivity index (χ1v) is 8.19. The molecule has 0 saturated carbocycles. The van der Waals surface area contributed by atoms with Crippen LogP contribution in [0.2, 0.25) is 0 Å². The van der Waals surface area contributed by atoms with E-state index < -0.39 is 0 Å². The molecule has 0 aromatic heterocycles. The van der Waals surface area contributed by atoms with Gasteiger partial charge in [0.2, 0.25) is 0 Å². The third-order valence-corrected chi connectivity index (χ3v) is 4.88. The number of nitrogens with one attached hydrogen (secondary N) is 1. The highest BCUT2D eigenvalue weighted by atomic mass is 16.5. The molecule has 0 spiro atoms. The van der Waals surface area contributed by atoms with Gasteiger partial charge >= 0.3 is 0 Å². The summed E-state index contributed by atoms with van der Waals surface area (Å²) in [6.07, 6.45) is 2.23. The molecule has 1 N–H and O–H groups in total. The van der Waals surface area contributed by atoms with Crippen LogP contribution in [0, 0.1) is 5.92 Å². The smallest absolute Gasteiger partial charge is 0.160 e. The van der Waals surface area contributed by atoms with Crippen LogP contribution in [0.25, 0.3) is 0 Å². The van der Waals surface area contributed by atoms with Crippen molar-refractivity contribution in [1.29, 1.82) is 0 Å². The number of benzene rings is 1. The predicted octanol–water partition coefficient (Wildman–Crippen LogP) is 2.56. The number of rotatable bonds is 6. The molecule has 1 aliphatic rings. The largest absolute Gasteiger partial charge is 0.493 e. The Kier molecular flexibility index (Phi) is 6.09. The molecule has 0 aliphatic carbocycles. The maximum Gasteiger partial charge on any atom is 0.160 e. The average Bonchev–Trinajstić information content (AvgIpc) is 2.52. The summed E-state index contributed by atoms with van der Waals surface area (Å²) in [6.45, 7) is 6.83. The monoisotopic (exact) mass is 306 g/mol. The number of hydrogen-bond acceptors (Lipinski definition) is 4. The number of methoxy groups -OCH3 is 2. The first-order valence-electron chi connectivity index (χ1n) is 8.19. The van der Waals surface area contributed by atoms with Crippen molar-refractivity contribution in [3.8, 4) is 11.5 Å². The molecule has 0 radical (unpaired) electrons. The van der Waals surface area contributed by atoms with Crippen molar-refractivity contribution in [2.24, 2.45) is 5.92 Å². The zero-order valence-electron chi connectivity index (χ0n) is 14.6. The minimum absolute atomic E-state index is 0.617. The van der Waals surface area contributed by atoms with Crippen molar-refractivity contribution >= 4 is 0 Å². The molecule has 1 fully saturated rings. The van der Waals surface area contributed by atoms with Crippen LogP contribution in [0.4, 0.5) is 0 Å². The summed E-state index contributed by atoms with van der Waals surface area (Å²) in [7, 11) is 5.57. The summed E-state index contributed by atoms with van der Waals surface area (Å²) >= 11 is 0. The highest BCUT2D eigenvalue weighted by Crippen LogP contribution is 2.27. The Labute approximate surface area is 134 Å². The highest BCUT2D eigenvalue weighted by Gasteiger charge is 2.28. The normalized spacial score (nSPS) is 26.0. The summed E-state index contributed by atoms with van der Waals surface area (Å²) in [5.41, 5.74) is 1.28. The van der Waals surface area contributed by atoms with Gasteiger partial charge in [-0.05, 0) is 57.0 Å². The van der Waals surface area contributed by atoms with Gasteiger partial charge in [-0.25, -0.2) is 0 Å². The van der Waals surface area contributed by atoms with Crippen LogP contribution in [-0.2, 0) is 6.42 Å². The molecule has 0 bridgehead atoms. The molecule has 0 amide bonds. The maximum atomic E-state index is 5.37. The van der Waals surface area contributed by atoms with E-state index >= 15 is 0 Å². The molecule has 0 unspecified atom stereocenters. The van der Waals surface area contributed by atoms with Crippen molar-refractivity contribution in [3.63, 3.8) is 0 Å². The van der Waals surface area contributed by atoms with Gasteiger partial charge in [0, 0.05) is 18.6 Å². The molecular formula is C18H30N2O2. The van der Waals surface area contributed by atoms with Gasteiger partial charge in [0.15, 0.2) is 11.5 Å². The molecule has 1 aromatic rings. The topological polar surface area (TPSA) is 33.7 Å². The fourth-order valence-corrected chi connectivity index (χ4v) is 3.26. The quantitative estimate of drug-likeness (QED) is 0.876. The van der Waals surface area contributed by atoms with Crippen molar-refractivity contribution < 1.29 is 9.47 Å². The van der Waals surface area contributed by atoms with E-state index in [1.165, 1.54) is 18.5 Å². The second-order valence-corrected chi connectivity index (χ2v) is 6.50. The lowest BCUT2D eigenvalue weighted by molar-refractivity contribution is 0.122. The third kappa shape index (κ3) is 4.14. The number of piperidine rings is 1. The van der Waals surface area contributed by atoms with Gasteiger partial charge in [0.1, 0.15) is 0 Å². The SMILES string of the molecule is COc1ccc(CCN[C@@H]2C[C@@H](C)N(C)C[C@H]2C)cc1OC. The lowest BCUT2D eigenvalue weighted by Gasteiger charge is -2.40. The minimum atomic E-state index is 0.617. The number of nitrogens with zero attached hydrogens (tertiary/aromatic N) is 1. The van der Waals surface area contributed by atoms with E-state index in [1.807, 2.05) is 6.07 Å². The van der Waals surface area contributed by atoms with Gasteiger partial charge in [-0.2, -0.15) is 0 Å². The lowest BCUT2D eigenvalue weighted by Crippen LogP contribution is -2.51. The van der Waals surface area contributed by atoms with Crippen molar-refractivity contribution in [3.05, 3.63) is 23.8 Å². The van der Waals surface area contributed by atoms with E-state index in [0.717, 1.165) is 24.5 Å². The highest BCUT2D eigenvalue weighted by molar-refractivity contribution is 5.42. The second kappa shape index (κ2) is 7.84. The molecule has 3 atom stereocenters. The maximum absolute atomic E-state index is 5.37. The van der Waals surface area contributed by atoms with Crippen LogP contribution < -0.4 is 14.8 Å². The molecule has 1 heterocycles. The predicted molar refractivity (Wildman–Crippen MR) is 90.9 cm³/mol. The van der Waals surface area contributed by atoms with Crippen LogP contribution in [0.5, 0.6) is 11.5 Å². The van der Waals surface area contributed by atoms with Crippen LogP contribution >= 0.6 is 0 Å². The van der Waals surface area contributed by atoms with E-state index in [4.69, 9.17) is 9.47 Å². The van der Waals surface area contributed by atoms with Crippen molar-refractivity contribution in [2.75, 3.05) is 34.4 Å². The molecule has 22 heavy (non-hydrogen) atoms. The van der Waals surface area contributed by atoms with E-state index in [-0.39, 0.29) is 0 Å². The Hall–Kier alpha value is -1.26. The van der Waals surface area contributed by atoms with Gasteiger partial charge in [-0.1, -0.05) is 13.0 Å². The Balaban J connectivity index is 1.86. The molecule has 4 heteroatoms. The average molecular weight is 306 g/mol. The molecule has 1 saturated heterocycles. The Morgan fingerprint density at radius 3 is 2.59 bits per heavy atom. The van der Waals surface area contributed by atoms with Gasteiger partial charge in [-0.15, -0.1) is 0 Å². The summed E-state index contributed by atoms with van der Waals surface area (Å²) in [5, 5.41) is 3.74. The van der Waals surface area contributed by atoms with Crippen LogP contribution in [-0.4, -0.2) is 51.3 Å².